The topological polar surface area (TPSA) is 41.9 Å². The van der Waals surface area contributed by atoms with Gasteiger partial charge in [-0.1, -0.05) is 158 Å². The maximum atomic E-state index is 6.61. The van der Waals surface area contributed by atoms with Gasteiger partial charge >= 0.3 is 0 Å². The molecule has 0 bridgehead atoms. The predicted octanol–water partition coefficient (Wildman–Crippen LogP) is 11.5. The number of hydrogen-bond acceptors (Lipinski definition) is 4. The van der Waals surface area contributed by atoms with Crippen LogP contribution in [0.3, 0.4) is 0 Å². The molecular formula is C61H37B2NO4. The number of nitrogens with zero attached hydrogens (tertiary/aromatic N) is 1. The minimum atomic E-state index is 0.0534. The van der Waals surface area contributed by atoms with Crippen molar-refractivity contribution in [2.24, 2.45) is 7.05 Å². The highest BCUT2D eigenvalue weighted by Crippen LogP contribution is 2.43. The predicted molar refractivity (Wildman–Crippen MR) is 278 cm³/mol. The lowest BCUT2D eigenvalue weighted by Gasteiger charge is -2.33. The number of ether oxygens (including phenoxy) is 4. The second-order valence-electron chi connectivity index (χ2n) is 18.3. The third kappa shape index (κ3) is 5.41. The molecule has 5 nitrogen and oxygen atoms in total. The molecule has 7 heteroatoms. The summed E-state index contributed by atoms with van der Waals surface area (Å²) in [6, 6.07) is 73.3. The SMILES string of the molecule is Cn1c2c(-c3ccc(-c4cc5c6c(c4)Oc4ccccc4B6c4ccccc4O5)cc3)cccc2c2cccc(-c3ccc(-c4cc5c6c(c4)Oc4ccccc4B6c4ccccc4O5)cc3)c21. The van der Waals surface area contributed by atoms with E-state index in [0.29, 0.717) is 0 Å². The molecule has 0 spiro atoms. The molecule has 0 N–H and O–H groups in total. The van der Waals surface area contributed by atoms with Crippen LogP contribution in [0.2, 0.25) is 0 Å². The molecular weight excluding hydrogens is 832 g/mol. The van der Waals surface area contributed by atoms with Crippen LogP contribution in [-0.4, -0.2) is 18.0 Å². The molecule has 4 aliphatic heterocycles. The fraction of sp³-hybridized carbons (Fsp3) is 0.0164. The quantitative estimate of drug-likeness (QED) is 0.165. The minimum absolute atomic E-state index is 0.0534. The van der Waals surface area contributed by atoms with E-state index in [1.165, 1.54) is 32.9 Å². The molecule has 4 aliphatic rings. The van der Waals surface area contributed by atoms with E-state index in [9.17, 15) is 0 Å². The Morgan fingerprint density at radius 2 is 0.603 bits per heavy atom. The van der Waals surface area contributed by atoms with Gasteiger partial charge in [0.2, 0.25) is 0 Å². The van der Waals surface area contributed by atoms with Gasteiger partial charge in [0.1, 0.15) is 46.0 Å². The molecule has 0 fully saturated rings. The maximum Gasteiger partial charge on any atom is 0.260 e. The molecule has 0 aliphatic carbocycles. The Morgan fingerprint density at radius 1 is 0.294 bits per heavy atom. The zero-order chi connectivity index (χ0) is 44.6. The summed E-state index contributed by atoms with van der Waals surface area (Å²) in [4.78, 5) is 0. The molecule has 316 valence electrons. The van der Waals surface area contributed by atoms with Crippen molar-refractivity contribution in [3.05, 3.63) is 206 Å². The highest BCUT2D eigenvalue weighted by Gasteiger charge is 2.41. The van der Waals surface area contributed by atoms with Gasteiger partial charge in [0.15, 0.2) is 0 Å². The lowest BCUT2D eigenvalue weighted by Crippen LogP contribution is -2.57. The first kappa shape index (κ1) is 37.5. The Balaban J connectivity index is 0.774. The molecule has 0 saturated heterocycles. The third-order valence-corrected chi connectivity index (χ3v) is 14.7. The second-order valence-corrected chi connectivity index (χ2v) is 18.3. The fourth-order valence-corrected chi connectivity index (χ4v) is 11.6. The molecule has 0 amide bonds. The third-order valence-electron chi connectivity index (χ3n) is 14.7. The number of para-hydroxylation sites is 6. The van der Waals surface area contributed by atoms with Crippen molar-refractivity contribution in [2.45, 2.75) is 0 Å². The summed E-state index contributed by atoms with van der Waals surface area (Å²) in [5.74, 6) is 6.92. The van der Waals surface area contributed by atoms with E-state index in [-0.39, 0.29) is 13.4 Å². The first-order valence-corrected chi connectivity index (χ1v) is 23.3. The van der Waals surface area contributed by atoms with Gasteiger partial charge < -0.3 is 23.5 Å². The normalized spacial score (nSPS) is 13.2. The van der Waals surface area contributed by atoms with Crippen LogP contribution in [0.1, 0.15) is 0 Å². The molecule has 0 saturated carbocycles. The Hall–Kier alpha value is -8.67. The molecule has 0 unspecified atom stereocenters. The van der Waals surface area contributed by atoms with Crippen LogP contribution in [-0.2, 0) is 7.05 Å². The van der Waals surface area contributed by atoms with Crippen LogP contribution in [0.15, 0.2) is 206 Å². The van der Waals surface area contributed by atoms with Gasteiger partial charge in [0.25, 0.3) is 13.4 Å². The fourth-order valence-electron chi connectivity index (χ4n) is 11.6. The van der Waals surface area contributed by atoms with E-state index in [1.54, 1.807) is 0 Å². The monoisotopic (exact) mass is 869 g/mol. The van der Waals surface area contributed by atoms with Crippen LogP contribution in [0.4, 0.5) is 0 Å². The highest BCUT2D eigenvalue weighted by atomic mass is 16.5. The summed E-state index contributed by atoms with van der Waals surface area (Å²) < 4.78 is 28.8. The summed E-state index contributed by atoms with van der Waals surface area (Å²) in [7, 11) is 2.20. The summed E-state index contributed by atoms with van der Waals surface area (Å²) in [6.07, 6.45) is 0. The van der Waals surface area contributed by atoms with Crippen LogP contribution < -0.4 is 51.7 Å². The Morgan fingerprint density at radius 3 is 0.941 bits per heavy atom. The molecule has 11 aromatic rings. The van der Waals surface area contributed by atoms with Gasteiger partial charge in [0.05, 0.1) is 11.0 Å². The first-order valence-electron chi connectivity index (χ1n) is 23.3. The standard InChI is InChI=1S/C61H37B2NO4/c1-64-60-42(38-28-24-36(25-29-38)40-32-54-58-55(33-40)66-51-21-7-3-17-47(51)62(58)46-16-2-6-20-50(46)65-54)12-10-14-44(60)45-15-11-13-43(61(45)64)39-30-26-37(27-31-39)41-34-56-59-57(35-41)68-53-23-9-5-19-49(53)63(59)48-18-4-8-22-52(48)67-56/h2-35H,1H3. The van der Waals surface area contributed by atoms with Crippen molar-refractivity contribution >= 4 is 68.0 Å². The van der Waals surface area contributed by atoms with Gasteiger partial charge in [-0.25, -0.2) is 0 Å². The average Bonchev–Trinajstić information content (AvgIpc) is 3.69. The van der Waals surface area contributed by atoms with Crippen molar-refractivity contribution in [3.8, 4) is 90.5 Å². The van der Waals surface area contributed by atoms with E-state index < -0.39 is 0 Å². The summed E-state index contributed by atoms with van der Waals surface area (Å²) in [5.41, 5.74) is 18.2. The van der Waals surface area contributed by atoms with Gasteiger partial charge in [-0.3, -0.25) is 0 Å². The van der Waals surface area contributed by atoms with Crippen molar-refractivity contribution in [2.75, 3.05) is 0 Å². The zero-order valence-electron chi connectivity index (χ0n) is 36.9. The lowest BCUT2D eigenvalue weighted by molar-refractivity contribution is 0.464. The minimum Gasteiger partial charge on any atom is -0.458 e. The average molecular weight is 870 g/mol. The molecule has 10 aromatic carbocycles. The van der Waals surface area contributed by atoms with E-state index >= 15 is 0 Å². The van der Waals surface area contributed by atoms with Crippen molar-refractivity contribution < 1.29 is 18.9 Å². The van der Waals surface area contributed by atoms with E-state index in [0.717, 1.165) is 112 Å². The number of aromatic nitrogens is 1. The molecule has 1 aromatic heterocycles. The molecule has 0 atom stereocenters. The Bertz CT molecular complexity index is 3550. The maximum absolute atomic E-state index is 6.61. The van der Waals surface area contributed by atoms with E-state index in [4.69, 9.17) is 18.9 Å². The largest absolute Gasteiger partial charge is 0.458 e. The molecule has 0 radical (unpaired) electrons. The van der Waals surface area contributed by atoms with Gasteiger partial charge in [-0.05, 0) is 104 Å². The van der Waals surface area contributed by atoms with Crippen molar-refractivity contribution in [3.63, 3.8) is 0 Å². The highest BCUT2D eigenvalue weighted by molar-refractivity contribution is 6.99. The summed E-state index contributed by atoms with van der Waals surface area (Å²) in [5, 5.41) is 2.45. The van der Waals surface area contributed by atoms with Crippen LogP contribution >= 0.6 is 0 Å². The van der Waals surface area contributed by atoms with E-state index in [2.05, 4.69) is 194 Å². The van der Waals surface area contributed by atoms with Crippen LogP contribution in [0.25, 0.3) is 66.3 Å². The lowest BCUT2D eigenvalue weighted by atomic mass is 9.35. The zero-order valence-corrected chi connectivity index (χ0v) is 36.9. The second kappa shape index (κ2) is 14.2. The summed E-state index contributed by atoms with van der Waals surface area (Å²) >= 11 is 0. The Kier molecular flexibility index (Phi) is 7.82. The number of fused-ring (bicyclic) bond motifs is 11. The summed E-state index contributed by atoms with van der Waals surface area (Å²) in [6.45, 7) is 0.107. The van der Waals surface area contributed by atoms with Crippen LogP contribution in [0.5, 0.6) is 46.0 Å². The number of aryl methyl sites for hydroxylation is 1. The van der Waals surface area contributed by atoms with Crippen molar-refractivity contribution in [1.29, 1.82) is 0 Å². The molecule has 5 heterocycles. The first-order chi connectivity index (χ1) is 33.6. The number of hydrogen-bond donors (Lipinski definition) is 0. The van der Waals surface area contributed by atoms with Crippen LogP contribution in [0, 0.1) is 0 Å². The van der Waals surface area contributed by atoms with Gasteiger partial charge in [-0.2, -0.15) is 0 Å². The molecule has 15 rings (SSSR count). The smallest absolute Gasteiger partial charge is 0.260 e. The molecule has 68 heavy (non-hydrogen) atoms. The number of rotatable bonds is 4. The number of benzene rings is 10. The van der Waals surface area contributed by atoms with Crippen molar-refractivity contribution in [1.82, 2.24) is 4.57 Å². The van der Waals surface area contributed by atoms with Gasteiger partial charge in [0, 0.05) is 39.9 Å². The van der Waals surface area contributed by atoms with Gasteiger partial charge in [-0.15, -0.1) is 0 Å². The Labute approximate surface area is 393 Å². The van der Waals surface area contributed by atoms with E-state index in [1.807, 2.05) is 24.3 Å².